The highest BCUT2D eigenvalue weighted by atomic mass is 31.1. The smallest absolute Gasteiger partial charge is 0.337 e. The van der Waals surface area contributed by atoms with E-state index in [1.54, 1.807) is 7.11 Å². The van der Waals surface area contributed by atoms with Gasteiger partial charge in [-0.05, 0) is 60.8 Å². The van der Waals surface area contributed by atoms with Crippen LogP contribution in [0.1, 0.15) is 27.3 Å². The summed E-state index contributed by atoms with van der Waals surface area (Å²) in [5.41, 5.74) is 3.69. The van der Waals surface area contributed by atoms with Crippen LogP contribution >= 0.6 is 7.92 Å². The molecule has 0 amide bonds. The van der Waals surface area contributed by atoms with Gasteiger partial charge in [0.2, 0.25) is 0 Å². The molecule has 1 N–H and O–H groups in total. The summed E-state index contributed by atoms with van der Waals surface area (Å²) in [5, 5.41) is 6.31. The first kappa shape index (κ1) is 23.5. The Bertz CT molecular complexity index is 1190. The summed E-state index contributed by atoms with van der Waals surface area (Å²) in [6, 6.07) is 35.0. The van der Waals surface area contributed by atoms with Gasteiger partial charge >= 0.3 is 5.97 Å². The Morgan fingerprint density at radius 1 is 0.794 bits per heavy atom. The van der Waals surface area contributed by atoms with E-state index in [-0.39, 0.29) is 11.8 Å². The number of carbonyl (C=O) groups excluding carboxylic acids is 1. The normalized spacial score (nSPS) is 11.6. The SMILES string of the molecule is COC(=O)c1ccc(C(Nc2cc(C)ccc2OC)P(c2ccccc2)c2ccccc2)cc1. The van der Waals surface area contributed by atoms with Crippen LogP contribution < -0.4 is 20.7 Å². The number of carbonyl (C=O) groups is 1. The van der Waals surface area contributed by atoms with Gasteiger partial charge in [-0.2, -0.15) is 0 Å². The summed E-state index contributed by atoms with van der Waals surface area (Å²) < 4.78 is 10.6. The van der Waals surface area contributed by atoms with Crippen LogP contribution in [-0.4, -0.2) is 20.2 Å². The molecule has 4 aromatic carbocycles. The van der Waals surface area contributed by atoms with Gasteiger partial charge in [-0.3, -0.25) is 0 Å². The fraction of sp³-hybridized carbons (Fsp3) is 0.138. The average Bonchev–Trinajstić information content (AvgIpc) is 2.89. The van der Waals surface area contributed by atoms with E-state index in [1.165, 1.54) is 17.7 Å². The highest BCUT2D eigenvalue weighted by Gasteiger charge is 2.27. The molecule has 0 spiro atoms. The van der Waals surface area contributed by atoms with Crippen LogP contribution in [-0.2, 0) is 4.74 Å². The number of nitrogens with one attached hydrogen (secondary N) is 1. The monoisotopic (exact) mass is 469 g/mol. The zero-order chi connectivity index (χ0) is 23.9. The Hall–Kier alpha value is -3.62. The first-order valence-corrected chi connectivity index (χ1v) is 12.5. The van der Waals surface area contributed by atoms with Crippen molar-refractivity contribution < 1.29 is 14.3 Å². The summed E-state index contributed by atoms with van der Waals surface area (Å²) in [7, 11) is 2.23. The first-order valence-electron chi connectivity index (χ1n) is 11.1. The second-order valence-electron chi connectivity index (χ2n) is 7.91. The molecule has 0 aromatic heterocycles. The molecule has 0 bridgehead atoms. The van der Waals surface area contributed by atoms with Crippen LogP contribution in [0, 0.1) is 6.92 Å². The summed E-state index contributed by atoms with van der Waals surface area (Å²) in [6.45, 7) is 2.07. The molecule has 0 aliphatic carbocycles. The number of ether oxygens (including phenoxy) is 2. The second kappa shape index (κ2) is 11.0. The summed E-state index contributed by atoms with van der Waals surface area (Å²) in [5.74, 6) is 0.379. The van der Waals surface area contributed by atoms with E-state index in [9.17, 15) is 4.79 Å². The molecule has 5 heteroatoms. The molecular formula is C29H28NO3P. The summed E-state index contributed by atoms with van der Waals surface area (Å²) in [6.07, 6.45) is 0. The molecule has 0 heterocycles. The van der Waals surface area contributed by atoms with E-state index in [1.807, 2.05) is 48.5 Å². The molecule has 4 aromatic rings. The Kier molecular flexibility index (Phi) is 7.61. The van der Waals surface area contributed by atoms with Crippen molar-refractivity contribution in [2.75, 3.05) is 19.5 Å². The molecule has 0 fully saturated rings. The highest BCUT2D eigenvalue weighted by Crippen LogP contribution is 2.50. The van der Waals surface area contributed by atoms with Gasteiger partial charge in [0.15, 0.2) is 0 Å². The van der Waals surface area contributed by atoms with Crippen molar-refractivity contribution in [2.24, 2.45) is 0 Å². The predicted molar refractivity (Wildman–Crippen MR) is 141 cm³/mol. The maximum Gasteiger partial charge on any atom is 0.337 e. The first-order chi connectivity index (χ1) is 16.6. The number of aryl methyl sites for hydroxylation is 1. The maximum absolute atomic E-state index is 12.0. The van der Waals surface area contributed by atoms with Crippen molar-refractivity contribution in [1.29, 1.82) is 0 Å². The van der Waals surface area contributed by atoms with Gasteiger partial charge in [0.1, 0.15) is 5.75 Å². The predicted octanol–water partition coefficient (Wildman–Crippen LogP) is 6.03. The van der Waals surface area contributed by atoms with Gasteiger partial charge in [0, 0.05) is 0 Å². The molecule has 4 nitrogen and oxygen atoms in total. The maximum atomic E-state index is 12.0. The Labute approximate surface area is 202 Å². The van der Waals surface area contributed by atoms with E-state index >= 15 is 0 Å². The largest absolute Gasteiger partial charge is 0.495 e. The van der Waals surface area contributed by atoms with Gasteiger partial charge in [-0.15, -0.1) is 0 Å². The van der Waals surface area contributed by atoms with E-state index in [4.69, 9.17) is 9.47 Å². The highest BCUT2D eigenvalue weighted by molar-refractivity contribution is 7.73. The van der Waals surface area contributed by atoms with Gasteiger partial charge in [0.25, 0.3) is 0 Å². The Morgan fingerprint density at radius 3 is 1.91 bits per heavy atom. The standard InChI is InChI=1S/C29H28NO3P/c1-21-14-19-27(32-2)26(20-21)30-28(22-15-17-23(18-16-22)29(31)33-3)34(24-10-6-4-7-11-24)25-12-8-5-9-13-25/h4-20,28,30H,1-3H3. The van der Waals surface area contributed by atoms with Gasteiger partial charge in [0.05, 0.1) is 31.3 Å². The minimum Gasteiger partial charge on any atom is -0.495 e. The third-order valence-corrected chi connectivity index (χ3v) is 8.27. The van der Waals surface area contributed by atoms with Crippen molar-refractivity contribution in [3.63, 3.8) is 0 Å². The van der Waals surface area contributed by atoms with E-state index < -0.39 is 7.92 Å². The molecule has 0 aliphatic heterocycles. The van der Waals surface area contributed by atoms with Crippen molar-refractivity contribution in [1.82, 2.24) is 0 Å². The molecular weight excluding hydrogens is 441 g/mol. The van der Waals surface area contributed by atoms with Crippen LogP contribution in [0.3, 0.4) is 0 Å². The molecule has 0 saturated carbocycles. The lowest BCUT2D eigenvalue weighted by Gasteiger charge is -2.31. The summed E-state index contributed by atoms with van der Waals surface area (Å²) >= 11 is 0. The Balaban J connectivity index is 1.86. The fourth-order valence-corrected chi connectivity index (χ4v) is 6.54. The molecule has 1 atom stereocenters. The number of hydrogen-bond donors (Lipinski definition) is 1. The van der Waals surface area contributed by atoms with E-state index in [0.717, 1.165) is 22.6 Å². The molecule has 0 aliphatic rings. The number of methoxy groups -OCH3 is 2. The third-order valence-electron chi connectivity index (χ3n) is 5.62. The molecule has 172 valence electrons. The van der Waals surface area contributed by atoms with Crippen LogP contribution in [0.4, 0.5) is 5.69 Å². The number of anilines is 1. The fourth-order valence-electron chi connectivity index (χ4n) is 3.92. The topological polar surface area (TPSA) is 47.6 Å². The van der Waals surface area contributed by atoms with Gasteiger partial charge < -0.3 is 14.8 Å². The zero-order valence-corrected chi connectivity index (χ0v) is 20.5. The second-order valence-corrected chi connectivity index (χ2v) is 10.2. The van der Waals surface area contributed by atoms with Crippen LogP contribution in [0.2, 0.25) is 0 Å². The van der Waals surface area contributed by atoms with Crippen LogP contribution in [0.25, 0.3) is 0 Å². The lowest BCUT2D eigenvalue weighted by Crippen LogP contribution is -2.22. The van der Waals surface area contributed by atoms with Gasteiger partial charge in [-0.25, -0.2) is 4.79 Å². The van der Waals surface area contributed by atoms with Gasteiger partial charge in [-0.1, -0.05) is 78.9 Å². The van der Waals surface area contributed by atoms with Crippen molar-refractivity contribution >= 4 is 30.2 Å². The summed E-state index contributed by atoms with van der Waals surface area (Å²) in [4.78, 5) is 12.0. The molecule has 1 unspecified atom stereocenters. The average molecular weight is 470 g/mol. The molecule has 34 heavy (non-hydrogen) atoms. The molecule has 4 rings (SSSR count). The van der Waals surface area contributed by atoms with Crippen molar-refractivity contribution in [3.05, 3.63) is 120 Å². The van der Waals surface area contributed by atoms with E-state index in [2.05, 4.69) is 66.8 Å². The minimum atomic E-state index is -0.853. The van der Waals surface area contributed by atoms with Crippen LogP contribution in [0.5, 0.6) is 5.75 Å². The molecule has 0 saturated heterocycles. The lowest BCUT2D eigenvalue weighted by atomic mass is 10.1. The lowest BCUT2D eigenvalue weighted by molar-refractivity contribution is 0.0600. The molecule has 0 radical (unpaired) electrons. The number of hydrogen-bond acceptors (Lipinski definition) is 4. The zero-order valence-electron chi connectivity index (χ0n) is 19.6. The minimum absolute atomic E-state index is 0.0674. The van der Waals surface area contributed by atoms with Crippen LogP contribution in [0.15, 0.2) is 103 Å². The van der Waals surface area contributed by atoms with Crippen molar-refractivity contribution in [2.45, 2.75) is 12.7 Å². The number of esters is 1. The quantitative estimate of drug-likeness (QED) is 0.253. The van der Waals surface area contributed by atoms with Crippen molar-refractivity contribution in [3.8, 4) is 5.75 Å². The Morgan fingerprint density at radius 2 is 1.38 bits per heavy atom. The third kappa shape index (κ3) is 5.30. The van der Waals surface area contributed by atoms with E-state index in [0.29, 0.717) is 5.56 Å². The number of rotatable bonds is 8. The number of benzene rings is 4.